The lowest BCUT2D eigenvalue weighted by molar-refractivity contribution is -0.125. The topological polar surface area (TPSA) is 114 Å². The van der Waals surface area contributed by atoms with Crippen LogP contribution in [0.15, 0.2) is 22.6 Å². The van der Waals surface area contributed by atoms with Gasteiger partial charge in [0.1, 0.15) is 11.1 Å². The van der Waals surface area contributed by atoms with Gasteiger partial charge in [0.15, 0.2) is 5.76 Å². The van der Waals surface area contributed by atoms with Crippen LogP contribution in [0, 0.1) is 5.92 Å². The fourth-order valence-corrected chi connectivity index (χ4v) is 4.26. The van der Waals surface area contributed by atoms with Gasteiger partial charge in [-0.05, 0) is 43.4 Å². The molecule has 1 aliphatic carbocycles. The van der Waals surface area contributed by atoms with Gasteiger partial charge in [0.25, 0.3) is 11.8 Å². The molecule has 2 atom stereocenters. The molecule has 4 N–H and O–H groups in total. The Hall–Kier alpha value is -2.54. The maximum atomic E-state index is 12.4. The number of primary amides is 1. The van der Waals surface area contributed by atoms with E-state index in [1.807, 2.05) is 0 Å². The van der Waals surface area contributed by atoms with Crippen LogP contribution < -0.4 is 16.4 Å². The normalized spacial score (nSPS) is 25.6. The predicted octanol–water partition coefficient (Wildman–Crippen LogP) is 2.11. The van der Waals surface area contributed by atoms with Crippen LogP contribution in [0.1, 0.15) is 35.4 Å². The molecule has 2 fully saturated rings. The summed E-state index contributed by atoms with van der Waals surface area (Å²) in [5, 5.41) is 6.31. The summed E-state index contributed by atoms with van der Waals surface area (Å²) in [4.78, 5) is 35.8. The molecule has 1 saturated heterocycles. The number of hydrogen-bond donors (Lipinski definition) is 3. The second-order valence-corrected chi connectivity index (χ2v) is 7.02. The molecule has 0 bridgehead atoms. The summed E-state index contributed by atoms with van der Waals surface area (Å²) in [7, 11) is 0. The third kappa shape index (κ3) is 2.38. The quantitative estimate of drug-likeness (QED) is 0.726. The number of halogens is 1. The lowest BCUT2D eigenvalue weighted by atomic mass is 9.82. The molecule has 2 unspecified atom stereocenters. The number of rotatable bonds is 3. The summed E-state index contributed by atoms with van der Waals surface area (Å²) in [6.07, 6.45) is 2.51. The van der Waals surface area contributed by atoms with Crippen LogP contribution in [0.3, 0.4) is 0 Å². The van der Waals surface area contributed by atoms with Crippen molar-refractivity contribution in [3.63, 3.8) is 0 Å². The van der Waals surface area contributed by atoms with Crippen LogP contribution in [0.5, 0.6) is 0 Å². The van der Waals surface area contributed by atoms with Crippen LogP contribution in [0.25, 0.3) is 11.0 Å². The van der Waals surface area contributed by atoms with Gasteiger partial charge in [0, 0.05) is 16.0 Å². The van der Waals surface area contributed by atoms with Gasteiger partial charge >= 0.3 is 6.03 Å². The molecule has 1 spiro atoms. The van der Waals surface area contributed by atoms with E-state index in [0.29, 0.717) is 34.4 Å². The van der Waals surface area contributed by atoms with Crippen molar-refractivity contribution in [3.8, 4) is 0 Å². The summed E-state index contributed by atoms with van der Waals surface area (Å²) < 4.78 is 5.60. The Kier molecular flexibility index (Phi) is 3.50. The molecule has 1 aliphatic heterocycles. The number of carbonyl (C=O) groups is 3. The van der Waals surface area contributed by atoms with Crippen LogP contribution in [0.4, 0.5) is 4.79 Å². The highest BCUT2D eigenvalue weighted by atomic mass is 35.5. The zero-order valence-corrected chi connectivity index (χ0v) is 14.0. The largest absolute Gasteiger partial charge is 0.451 e. The van der Waals surface area contributed by atoms with Crippen molar-refractivity contribution < 1.29 is 18.8 Å². The molecule has 1 saturated carbocycles. The average molecular weight is 362 g/mol. The molecule has 8 heteroatoms. The van der Waals surface area contributed by atoms with Crippen LogP contribution >= 0.6 is 11.6 Å². The first kappa shape index (κ1) is 16.0. The molecule has 25 heavy (non-hydrogen) atoms. The number of imide groups is 1. The van der Waals surface area contributed by atoms with Crippen molar-refractivity contribution in [1.82, 2.24) is 10.6 Å². The molecule has 130 valence electrons. The van der Waals surface area contributed by atoms with Gasteiger partial charge in [-0.15, -0.1) is 0 Å². The molecule has 2 heterocycles. The monoisotopic (exact) mass is 361 g/mol. The van der Waals surface area contributed by atoms with Crippen molar-refractivity contribution in [2.24, 2.45) is 11.7 Å². The van der Waals surface area contributed by atoms with Crippen LogP contribution in [0.2, 0.25) is 5.02 Å². The number of nitrogens with two attached hydrogens (primary N) is 1. The number of hydrogen-bond acceptors (Lipinski definition) is 4. The standard InChI is InChI=1S/C17H16ClN3O4/c18-9-3-4-12-10(7-9)11(13(25-12)14(19)22)6-8-2-1-5-17(8)15(23)20-16(24)21-17/h3-4,7-8H,1-2,5-6H2,(H2,19,22)(H2,20,21,23,24). The van der Waals surface area contributed by atoms with Gasteiger partial charge in [-0.25, -0.2) is 4.79 Å². The minimum atomic E-state index is -0.936. The lowest BCUT2D eigenvalue weighted by Gasteiger charge is -2.28. The third-order valence-electron chi connectivity index (χ3n) is 5.22. The maximum Gasteiger partial charge on any atom is 0.322 e. The summed E-state index contributed by atoms with van der Waals surface area (Å²) >= 11 is 6.08. The first-order valence-corrected chi connectivity index (χ1v) is 8.43. The molecular formula is C17H16ClN3O4. The molecule has 2 aromatic rings. The van der Waals surface area contributed by atoms with Crippen molar-refractivity contribution in [2.75, 3.05) is 0 Å². The molecule has 0 radical (unpaired) electrons. The van der Waals surface area contributed by atoms with E-state index in [1.54, 1.807) is 18.2 Å². The number of urea groups is 1. The number of carbonyl (C=O) groups excluding carboxylic acids is 3. The molecule has 4 rings (SSSR count). The highest BCUT2D eigenvalue weighted by Crippen LogP contribution is 2.42. The van der Waals surface area contributed by atoms with Crippen LogP contribution in [-0.4, -0.2) is 23.4 Å². The highest BCUT2D eigenvalue weighted by Gasteiger charge is 2.54. The first-order chi connectivity index (χ1) is 11.9. The average Bonchev–Trinajstić information content (AvgIpc) is 3.18. The van der Waals surface area contributed by atoms with E-state index < -0.39 is 17.5 Å². The van der Waals surface area contributed by atoms with Gasteiger partial charge < -0.3 is 15.5 Å². The van der Waals surface area contributed by atoms with E-state index in [-0.39, 0.29) is 17.6 Å². The van der Waals surface area contributed by atoms with E-state index in [9.17, 15) is 14.4 Å². The predicted molar refractivity (Wildman–Crippen MR) is 90.2 cm³/mol. The molecule has 4 amide bonds. The Balaban J connectivity index is 1.79. The Bertz CT molecular complexity index is 922. The molecular weight excluding hydrogens is 346 g/mol. The molecule has 7 nitrogen and oxygen atoms in total. The Morgan fingerprint density at radius 2 is 2.20 bits per heavy atom. The van der Waals surface area contributed by atoms with Gasteiger partial charge in [-0.1, -0.05) is 18.0 Å². The SMILES string of the molecule is NC(=O)c1oc2ccc(Cl)cc2c1CC1CCCC12NC(=O)NC2=O. The molecule has 1 aromatic heterocycles. The first-order valence-electron chi connectivity index (χ1n) is 8.05. The lowest BCUT2D eigenvalue weighted by Crippen LogP contribution is -2.50. The Labute approximate surface area is 147 Å². The minimum Gasteiger partial charge on any atom is -0.451 e. The highest BCUT2D eigenvalue weighted by molar-refractivity contribution is 6.31. The minimum absolute atomic E-state index is 0.0732. The second kappa shape index (κ2) is 5.49. The number of benzene rings is 1. The fourth-order valence-electron chi connectivity index (χ4n) is 4.09. The van der Waals surface area contributed by atoms with E-state index >= 15 is 0 Å². The van der Waals surface area contributed by atoms with Gasteiger partial charge in [-0.3, -0.25) is 14.9 Å². The van der Waals surface area contributed by atoms with E-state index in [4.69, 9.17) is 21.8 Å². The fraction of sp³-hybridized carbons (Fsp3) is 0.353. The summed E-state index contributed by atoms with van der Waals surface area (Å²) in [6.45, 7) is 0. The second-order valence-electron chi connectivity index (χ2n) is 6.59. The Morgan fingerprint density at radius 3 is 2.88 bits per heavy atom. The van der Waals surface area contributed by atoms with E-state index in [0.717, 1.165) is 12.8 Å². The smallest absolute Gasteiger partial charge is 0.322 e. The zero-order valence-electron chi connectivity index (χ0n) is 13.2. The maximum absolute atomic E-state index is 12.4. The van der Waals surface area contributed by atoms with Gasteiger partial charge in [0.05, 0.1) is 0 Å². The molecule has 2 aliphatic rings. The Morgan fingerprint density at radius 1 is 1.40 bits per heavy atom. The van der Waals surface area contributed by atoms with Gasteiger partial charge in [-0.2, -0.15) is 0 Å². The number of fused-ring (bicyclic) bond motifs is 1. The van der Waals surface area contributed by atoms with Crippen LogP contribution in [-0.2, 0) is 11.2 Å². The third-order valence-corrected chi connectivity index (χ3v) is 5.45. The van der Waals surface area contributed by atoms with Gasteiger partial charge in [0.2, 0.25) is 0 Å². The van der Waals surface area contributed by atoms with E-state index in [1.165, 1.54) is 0 Å². The zero-order chi connectivity index (χ0) is 17.8. The summed E-state index contributed by atoms with van der Waals surface area (Å²) in [5.41, 5.74) is 5.68. The number of amides is 4. The van der Waals surface area contributed by atoms with Crippen molar-refractivity contribution in [3.05, 3.63) is 34.5 Å². The summed E-state index contributed by atoms with van der Waals surface area (Å²) in [5.74, 6) is -1.07. The summed E-state index contributed by atoms with van der Waals surface area (Å²) in [6, 6.07) is 4.59. The number of furan rings is 1. The number of nitrogens with one attached hydrogen (secondary N) is 2. The van der Waals surface area contributed by atoms with Crippen molar-refractivity contribution in [2.45, 2.75) is 31.2 Å². The van der Waals surface area contributed by atoms with E-state index in [2.05, 4.69) is 10.6 Å². The molecule has 1 aromatic carbocycles. The van der Waals surface area contributed by atoms with Crippen molar-refractivity contribution in [1.29, 1.82) is 0 Å². The van der Waals surface area contributed by atoms with Crippen molar-refractivity contribution >= 4 is 40.4 Å².